The van der Waals surface area contributed by atoms with E-state index in [2.05, 4.69) is 5.32 Å². The van der Waals surface area contributed by atoms with E-state index < -0.39 is 0 Å². The molecule has 1 aromatic rings. The molecule has 3 N–H and O–H groups in total. The summed E-state index contributed by atoms with van der Waals surface area (Å²) < 4.78 is 12.6. The standard InChI is InChI=1S/C12H17FN2O/c1-2-11(14)7-12(16)15-8-9-3-5-10(13)6-4-9/h3-6,11H,2,7-8,14H2,1H3,(H,15,16). The van der Waals surface area contributed by atoms with Crippen molar-refractivity contribution < 1.29 is 9.18 Å². The van der Waals surface area contributed by atoms with E-state index in [0.717, 1.165) is 12.0 Å². The molecule has 0 saturated heterocycles. The van der Waals surface area contributed by atoms with E-state index in [9.17, 15) is 9.18 Å². The Kier molecular flexibility index (Phi) is 4.92. The topological polar surface area (TPSA) is 55.1 Å². The van der Waals surface area contributed by atoms with Crippen LogP contribution in [0, 0.1) is 5.82 Å². The number of nitrogens with two attached hydrogens (primary N) is 1. The molecule has 1 unspecified atom stereocenters. The molecule has 0 aliphatic rings. The van der Waals surface area contributed by atoms with Gasteiger partial charge in [0.15, 0.2) is 0 Å². The number of hydrogen-bond donors (Lipinski definition) is 2. The molecule has 1 atom stereocenters. The van der Waals surface area contributed by atoms with Crippen molar-refractivity contribution in [1.82, 2.24) is 5.32 Å². The Balaban J connectivity index is 2.34. The lowest BCUT2D eigenvalue weighted by atomic mass is 10.1. The van der Waals surface area contributed by atoms with Crippen molar-refractivity contribution in [2.45, 2.75) is 32.4 Å². The van der Waals surface area contributed by atoms with E-state index in [4.69, 9.17) is 5.73 Å². The van der Waals surface area contributed by atoms with Crippen LogP contribution in [0.25, 0.3) is 0 Å². The van der Waals surface area contributed by atoms with Gasteiger partial charge in [-0.05, 0) is 24.1 Å². The summed E-state index contributed by atoms with van der Waals surface area (Å²) in [4.78, 5) is 11.4. The fourth-order valence-electron chi connectivity index (χ4n) is 1.26. The molecule has 1 amide bonds. The Bertz CT molecular complexity index is 337. The lowest BCUT2D eigenvalue weighted by molar-refractivity contribution is -0.121. The van der Waals surface area contributed by atoms with Gasteiger partial charge in [-0.1, -0.05) is 19.1 Å². The van der Waals surface area contributed by atoms with E-state index in [1.54, 1.807) is 12.1 Å². The molecule has 88 valence electrons. The van der Waals surface area contributed by atoms with Crippen molar-refractivity contribution in [2.24, 2.45) is 5.73 Å². The Morgan fingerprint density at radius 1 is 1.44 bits per heavy atom. The highest BCUT2D eigenvalue weighted by molar-refractivity contribution is 5.76. The van der Waals surface area contributed by atoms with Crippen LogP contribution in [0.5, 0.6) is 0 Å². The normalized spacial score (nSPS) is 12.2. The summed E-state index contributed by atoms with van der Waals surface area (Å²) in [6.07, 6.45) is 1.11. The molecule has 0 saturated carbocycles. The van der Waals surface area contributed by atoms with E-state index in [1.807, 2.05) is 6.92 Å². The molecule has 16 heavy (non-hydrogen) atoms. The van der Waals surface area contributed by atoms with Crippen LogP contribution in [-0.2, 0) is 11.3 Å². The number of amides is 1. The second-order valence-electron chi connectivity index (χ2n) is 3.78. The molecule has 0 spiro atoms. The zero-order chi connectivity index (χ0) is 12.0. The fraction of sp³-hybridized carbons (Fsp3) is 0.417. The highest BCUT2D eigenvalue weighted by atomic mass is 19.1. The van der Waals surface area contributed by atoms with Crippen LogP contribution < -0.4 is 11.1 Å². The quantitative estimate of drug-likeness (QED) is 0.797. The molecular formula is C12H17FN2O. The van der Waals surface area contributed by atoms with Crippen molar-refractivity contribution >= 4 is 5.91 Å². The van der Waals surface area contributed by atoms with E-state index >= 15 is 0 Å². The zero-order valence-corrected chi connectivity index (χ0v) is 9.37. The van der Waals surface area contributed by atoms with Crippen molar-refractivity contribution in [2.75, 3.05) is 0 Å². The van der Waals surface area contributed by atoms with Gasteiger partial charge in [-0.3, -0.25) is 4.79 Å². The van der Waals surface area contributed by atoms with E-state index in [1.165, 1.54) is 12.1 Å². The maximum absolute atomic E-state index is 12.6. The summed E-state index contributed by atoms with van der Waals surface area (Å²) in [5.41, 5.74) is 6.53. The molecule has 3 nitrogen and oxygen atoms in total. The third kappa shape index (κ3) is 4.40. The lowest BCUT2D eigenvalue weighted by Crippen LogP contribution is -2.30. The van der Waals surface area contributed by atoms with Crippen LogP contribution >= 0.6 is 0 Å². The highest BCUT2D eigenvalue weighted by Gasteiger charge is 2.06. The maximum Gasteiger partial charge on any atom is 0.221 e. The maximum atomic E-state index is 12.6. The number of hydrogen-bond acceptors (Lipinski definition) is 2. The third-order valence-electron chi connectivity index (χ3n) is 2.37. The monoisotopic (exact) mass is 224 g/mol. The van der Waals surface area contributed by atoms with Gasteiger partial charge in [-0.25, -0.2) is 4.39 Å². The zero-order valence-electron chi connectivity index (χ0n) is 9.37. The minimum atomic E-state index is -0.275. The molecule has 4 heteroatoms. The van der Waals surface area contributed by atoms with Crippen LogP contribution in [0.1, 0.15) is 25.3 Å². The average Bonchev–Trinajstić information content (AvgIpc) is 2.28. The predicted molar refractivity (Wildman–Crippen MR) is 61.1 cm³/mol. The number of halogens is 1. The Morgan fingerprint density at radius 2 is 2.06 bits per heavy atom. The first-order valence-corrected chi connectivity index (χ1v) is 5.38. The van der Waals surface area contributed by atoms with Crippen LogP contribution in [0.15, 0.2) is 24.3 Å². The Morgan fingerprint density at radius 3 is 2.62 bits per heavy atom. The first-order chi connectivity index (χ1) is 7.61. The summed E-state index contributed by atoms with van der Waals surface area (Å²) in [6, 6.07) is 5.96. The lowest BCUT2D eigenvalue weighted by Gasteiger charge is -2.09. The average molecular weight is 224 g/mol. The van der Waals surface area contributed by atoms with Crippen LogP contribution in [0.2, 0.25) is 0 Å². The van der Waals surface area contributed by atoms with Gasteiger partial charge in [0.05, 0.1) is 0 Å². The minimum Gasteiger partial charge on any atom is -0.352 e. The highest BCUT2D eigenvalue weighted by Crippen LogP contribution is 2.02. The number of carbonyl (C=O) groups is 1. The van der Waals surface area contributed by atoms with Crippen LogP contribution in [-0.4, -0.2) is 11.9 Å². The number of nitrogens with one attached hydrogen (secondary N) is 1. The summed E-state index contributed by atoms with van der Waals surface area (Å²) in [5.74, 6) is -0.346. The van der Waals surface area contributed by atoms with E-state index in [0.29, 0.717) is 13.0 Å². The summed E-state index contributed by atoms with van der Waals surface area (Å²) in [7, 11) is 0. The van der Waals surface area contributed by atoms with Crippen LogP contribution in [0.3, 0.4) is 0 Å². The van der Waals surface area contributed by atoms with Gasteiger partial charge in [0, 0.05) is 19.0 Å². The first-order valence-electron chi connectivity index (χ1n) is 5.38. The SMILES string of the molecule is CCC(N)CC(=O)NCc1ccc(F)cc1. The van der Waals surface area contributed by atoms with Gasteiger partial charge >= 0.3 is 0 Å². The van der Waals surface area contributed by atoms with E-state index in [-0.39, 0.29) is 17.8 Å². The molecule has 0 aromatic heterocycles. The van der Waals surface area contributed by atoms with Gasteiger partial charge in [-0.2, -0.15) is 0 Å². The molecule has 0 aliphatic heterocycles. The molecule has 1 rings (SSSR count). The minimum absolute atomic E-state index is 0.0707. The second kappa shape index (κ2) is 6.23. The Hall–Kier alpha value is -1.42. The van der Waals surface area contributed by atoms with Crippen LogP contribution in [0.4, 0.5) is 4.39 Å². The summed E-state index contributed by atoms with van der Waals surface area (Å²) in [5, 5.41) is 2.74. The predicted octanol–water partition coefficient (Wildman–Crippen LogP) is 1.57. The van der Waals surface area contributed by atoms with Gasteiger partial charge < -0.3 is 11.1 Å². The number of rotatable bonds is 5. The number of carbonyl (C=O) groups excluding carboxylic acids is 1. The molecule has 0 bridgehead atoms. The van der Waals surface area contributed by atoms with Gasteiger partial charge in [0.1, 0.15) is 5.82 Å². The van der Waals surface area contributed by atoms with Crippen molar-refractivity contribution in [3.05, 3.63) is 35.6 Å². The molecule has 1 aromatic carbocycles. The first kappa shape index (κ1) is 12.6. The van der Waals surface area contributed by atoms with Gasteiger partial charge in [0.25, 0.3) is 0 Å². The van der Waals surface area contributed by atoms with Gasteiger partial charge in [-0.15, -0.1) is 0 Å². The third-order valence-corrected chi connectivity index (χ3v) is 2.37. The van der Waals surface area contributed by atoms with Crippen molar-refractivity contribution in [3.63, 3.8) is 0 Å². The van der Waals surface area contributed by atoms with Crippen molar-refractivity contribution in [1.29, 1.82) is 0 Å². The molecule has 0 fully saturated rings. The smallest absolute Gasteiger partial charge is 0.221 e. The summed E-state index contributed by atoms with van der Waals surface area (Å²) in [6.45, 7) is 2.35. The Labute approximate surface area is 94.8 Å². The number of benzene rings is 1. The van der Waals surface area contributed by atoms with Crippen molar-refractivity contribution in [3.8, 4) is 0 Å². The second-order valence-corrected chi connectivity index (χ2v) is 3.78. The largest absolute Gasteiger partial charge is 0.352 e. The van der Waals surface area contributed by atoms with Gasteiger partial charge in [0.2, 0.25) is 5.91 Å². The molecule has 0 radical (unpaired) electrons. The molecular weight excluding hydrogens is 207 g/mol. The molecule has 0 aliphatic carbocycles. The molecule has 0 heterocycles. The fourth-order valence-corrected chi connectivity index (χ4v) is 1.26. The summed E-state index contributed by atoms with van der Waals surface area (Å²) >= 11 is 0.